The van der Waals surface area contributed by atoms with Crippen LogP contribution < -0.4 is 23.7 Å². The number of rotatable bonds is 15. The Morgan fingerprint density at radius 2 is 1.11 bits per heavy atom. The second-order valence-electron chi connectivity index (χ2n) is 14.9. The van der Waals surface area contributed by atoms with E-state index in [0.29, 0.717) is 30.1 Å². The maximum Gasteiger partial charge on any atom is 0.331 e. The maximum absolute atomic E-state index is 13.1. The third kappa shape index (κ3) is 9.93. The Labute approximate surface area is 362 Å². The zero-order valence-corrected chi connectivity index (χ0v) is 34.7. The highest BCUT2D eigenvalue weighted by Gasteiger charge is 2.50. The molecule has 4 aromatic rings. The van der Waals surface area contributed by atoms with Crippen molar-refractivity contribution in [2.75, 3.05) is 48.3 Å². The van der Waals surface area contributed by atoms with Crippen molar-refractivity contribution in [2.24, 2.45) is 11.8 Å². The highest BCUT2D eigenvalue weighted by Crippen LogP contribution is 2.51. The van der Waals surface area contributed by atoms with Crippen molar-refractivity contribution in [1.29, 1.82) is 0 Å². The van der Waals surface area contributed by atoms with Crippen molar-refractivity contribution in [1.82, 2.24) is 0 Å². The molecular formula is C46H48O17. The van der Waals surface area contributed by atoms with Gasteiger partial charge in [0.2, 0.25) is 6.29 Å². The fourth-order valence-electron chi connectivity index (χ4n) is 7.78. The molecule has 5 N–H and O–H groups in total. The van der Waals surface area contributed by atoms with E-state index >= 15 is 0 Å². The molecule has 3 fully saturated rings. The Bertz CT molecular complexity index is 2330. The molecular weight excluding hydrogens is 824 g/mol. The van der Waals surface area contributed by atoms with Gasteiger partial charge in [0.05, 0.1) is 53.9 Å². The molecule has 3 aliphatic heterocycles. The molecule has 334 valence electrons. The molecule has 0 aliphatic carbocycles. The van der Waals surface area contributed by atoms with E-state index in [1.165, 1.54) is 70.9 Å². The first-order valence-corrected chi connectivity index (χ1v) is 19.8. The number of esters is 2. The number of carbonyl (C=O) groups is 2. The number of aromatic hydroxyl groups is 3. The third-order valence-electron chi connectivity index (χ3n) is 11.1. The summed E-state index contributed by atoms with van der Waals surface area (Å²) in [5.41, 5.74) is 2.63. The topological polar surface area (TPSA) is 228 Å². The van der Waals surface area contributed by atoms with E-state index < -0.39 is 49.3 Å². The van der Waals surface area contributed by atoms with Crippen LogP contribution in [0, 0.1) is 11.8 Å². The van der Waals surface area contributed by atoms with E-state index in [1.807, 2.05) is 0 Å². The first kappa shape index (κ1) is 44.6. The number of methoxy groups -OCH3 is 4. The number of carbonyl (C=O) groups excluding carboxylic acids is 2. The number of phenols is 3. The lowest BCUT2D eigenvalue weighted by molar-refractivity contribution is -0.281. The van der Waals surface area contributed by atoms with Crippen molar-refractivity contribution >= 4 is 24.1 Å². The zero-order valence-electron chi connectivity index (χ0n) is 34.7. The normalized spacial score (nSPS) is 25.4. The van der Waals surface area contributed by atoms with E-state index in [9.17, 15) is 35.1 Å². The van der Waals surface area contributed by atoms with Gasteiger partial charge in [0.1, 0.15) is 18.8 Å². The van der Waals surface area contributed by atoms with Crippen LogP contribution in [0.25, 0.3) is 12.2 Å². The Kier molecular flexibility index (Phi) is 13.9. The first-order chi connectivity index (χ1) is 30.4. The van der Waals surface area contributed by atoms with Gasteiger partial charge in [-0.05, 0) is 82.9 Å². The highest BCUT2D eigenvalue weighted by atomic mass is 16.7. The van der Waals surface area contributed by atoms with E-state index in [1.54, 1.807) is 42.5 Å². The lowest BCUT2D eigenvalue weighted by Gasteiger charge is -2.41. The standard InChI is InChI=1S/C46H48O17/c1-54-34-17-24(5-11-30(34)47)7-15-39(50)58-23-38-41(52)45(63-40(51)16-8-25-6-12-31(48)35(18-25)55-2)42(53)46(62-38)61-33-14-10-27(20-37(33)57-4)44-29-22-59-43(28(29)21-60-44)26-9-13-32(49)36(19-26)56-3/h5-20,28-29,38,41-49,52-53H,21-23H2,1-4H3. The van der Waals surface area contributed by atoms with Crippen LogP contribution in [0.4, 0.5) is 0 Å². The average Bonchev–Trinajstić information content (AvgIpc) is 3.91. The summed E-state index contributed by atoms with van der Waals surface area (Å²) >= 11 is 0. The fourth-order valence-corrected chi connectivity index (χ4v) is 7.78. The van der Waals surface area contributed by atoms with Gasteiger partial charge in [-0.25, -0.2) is 9.59 Å². The lowest BCUT2D eigenvalue weighted by Crippen LogP contribution is -2.61. The summed E-state index contributed by atoms with van der Waals surface area (Å²) in [6.07, 6.45) is -3.72. The molecule has 0 aromatic heterocycles. The smallest absolute Gasteiger partial charge is 0.331 e. The van der Waals surface area contributed by atoms with Gasteiger partial charge in [-0.2, -0.15) is 0 Å². The summed E-state index contributed by atoms with van der Waals surface area (Å²) < 4.78 is 56.9. The minimum absolute atomic E-state index is 0.0136. The highest BCUT2D eigenvalue weighted by molar-refractivity contribution is 5.88. The summed E-state index contributed by atoms with van der Waals surface area (Å²) in [6, 6.07) is 19.1. The van der Waals surface area contributed by atoms with Crippen molar-refractivity contribution in [3.05, 3.63) is 107 Å². The lowest BCUT2D eigenvalue weighted by atomic mass is 9.85. The van der Waals surface area contributed by atoms with Gasteiger partial charge in [0.25, 0.3) is 0 Å². The van der Waals surface area contributed by atoms with E-state index in [0.717, 1.165) is 23.3 Å². The van der Waals surface area contributed by atoms with Gasteiger partial charge in [0, 0.05) is 24.0 Å². The van der Waals surface area contributed by atoms with Crippen LogP contribution in [-0.2, 0) is 33.3 Å². The summed E-state index contributed by atoms with van der Waals surface area (Å²) in [5, 5.41) is 52.8. The second-order valence-corrected chi connectivity index (χ2v) is 14.9. The van der Waals surface area contributed by atoms with Crippen molar-refractivity contribution < 1.29 is 82.5 Å². The molecule has 17 heteroatoms. The fraction of sp³-hybridized carbons (Fsp3) is 0.348. The Hall–Kier alpha value is -6.50. The number of hydrogen-bond donors (Lipinski definition) is 5. The number of ether oxygens (including phenoxy) is 10. The number of benzene rings is 4. The van der Waals surface area contributed by atoms with E-state index in [-0.39, 0.29) is 64.3 Å². The molecule has 0 spiro atoms. The van der Waals surface area contributed by atoms with E-state index in [4.69, 9.17) is 47.4 Å². The van der Waals surface area contributed by atoms with E-state index in [2.05, 4.69) is 0 Å². The molecule has 9 atom stereocenters. The van der Waals surface area contributed by atoms with Crippen LogP contribution in [0.2, 0.25) is 0 Å². The number of phenolic OH excluding ortho intramolecular Hbond substituents is 3. The molecule has 0 bridgehead atoms. The second kappa shape index (κ2) is 19.7. The zero-order chi connectivity index (χ0) is 44.8. The predicted octanol–water partition coefficient (Wildman–Crippen LogP) is 4.62. The van der Waals surface area contributed by atoms with Crippen LogP contribution in [-0.4, -0.2) is 116 Å². The predicted molar refractivity (Wildman–Crippen MR) is 222 cm³/mol. The van der Waals surface area contributed by atoms with Gasteiger partial charge in [0.15, 0.2) is 58.2 Å². The third-order valence-corrected chi connectivity index (χ3v) is 11.1. The van der Waals surface area contributed by atoms with Crippen LogP contribution in [0.3, 0.4) is 0 Å². The summed E-state index contributed by atoms with van der Waals surface area (Å²) in [5.74, 6) is -0.831. The molecule has 0 radical (unpaired) electrons. The number of aliphatic hydroxyl groups is 2. The van der Waals surface area contributed by atoms with Crippen molar-refractivity contribution in [2.45, 2.75) is 42.9 Å². The Morgan fingerprint density at radius 1 is 0.619 bits per heavy atom. The van der Waals surface area contributed by atoms with Gasteiger partial charge >= 0.3 is 11.9 Å². The van der Waals surface area contributed by atoms with Crippen molar-refractivity contribution in [3.63, 3.8) is 0 Å². The minimum Gasteiger partial charge on any atom is -0.504 e. The molecule has 3 aliphatic rings. The Balaban J connectivity index is 1.07. The molecule has 17 nitrogen and oxygen atoms in total. The van der Waals surface area contributed by atoms with Gasteiger partial charge in [-0.1, -0.05) is 24.3 Å². The summed E-state index contributed by atoms with van der Waals surface area (Å²) in [7, 11) is 5.68. The number of aliphatic hydroxyl groups excluding tert-OH is 2. The monoisotopic (exact) mass is 872 g/mol. The largest absolute Gasteiger partial charge is 0.504 e. The summed E-state index contributed by atoms with van der Waals surface area (Å²) in [6.45, 7) is 0.282. The van der Waals surface area contributed by atoms with Crippen molar-refractivity contribution in [3.8, 4) is 46.0 Å². The molecule has 9 unspecified atom stereocenters. The minimum atomic E-state index is -1.77. The molecule has 3 heterocycles. The van der Waals surface area contributed by atoms with Gasteiger partial charge < -0.3 is 72.9 Å². The van der Waals surface area contributed by atoms with Gasteiger partial charge in [-0.3, -0.25) is 0 Å². The van der Waals surface area contributed by atoms with Crippen LogP contribution >= 0.6 is 0 Å². The molecule has 3 saturated heterocycles. The maximum atomic E-state index is 13.1. The Morgan fingerprint density at radius 3 is 1.67 bits per heavy atom. The number of fused-ring (bicyclic) bond motifs is 1. The number of hydrogen-bond acceptors (Lipinski definition) is 17. The van der Waals surface area contributed by atoms with Crippen LogP contribution in [0.1, 0.15) is 34.5 Å². The molecule has 4 aromatic carbocycles. The van der Waals surface area contributed by atoms with Crippen LogP contribution in [0.15, 0.2) is 84.9 Å². The molecule has 0 saturated carbocycles. The molecule has 63 heavy (non-hydrogen) atoms. The average molecular weight is 873 g/mol. The van der Waals surface area contributed by atoms with Crippen LogP contribution in [0.5, 0.6) is 46.0 Å². The van der Waals surface area contributed by atoms with Gasteiger partial charge in [-0.15, -0.1) is 0 Å². The SMILES string of the molecule is COc1cc(C=CC(=O)OCC2OC(Oc3ccc(C4OCC5C(c6ccc(O)c(OC)c6)OCC45)cc3OC)C(O)C(OC(=O)C=Cc3ccc(O)c(OC)c3)C2O)ccc1O. The summed E-state index contributed by atoms with van der Waals surface area (Å²) in [4.78, 5) is 26.0. The quantitative estimate of drug-likeness (QED) is 0.0811. The molecule has 0 amide bonds. The first-order valence-electron chi connectivity index (χ1n) is 19.8. The molecule has 7 rings (SSSR count).